The summed E-state index contributed by atoms with van der Waals surface area (Å²) in [5.41, 5.74) is 3.17. The van der Waals surface area contributed by atoms with Crippen molar-refractivity contribution in [1.82, 2.24) is 15.1 Å². The van der Waals surface area contributed by atoms with E-state index in [0.29, 0.717) is 6.04 Å². The molecule has 21 heavy (non-hydrogen) atoms. The molecule has 0 spiro atoms. The summed E-state index contributed by atoms with van der Waals surface area (Å²) in [4.78, 5) is 0. The zero-order valence-electron chi connectivity index (χ0n) is 12.2. The van der Waals surface area contributed by atoms with Crippen LogP contribution in [0.2, 0.25) is 5.02 Å². The number of halogens is 1. The van der Waals surface area contributed by atoms with E-state index in [-0.39, 0.29) is 0 Å². The van der Waals surface area contributed by atoms with Crippen molar-refractivity contribution in [1.29, 1.82) is 0 Å². The molecule has 108 valence electrons. The van der Waals surface area contributed by atoms with Crippen LogP contribution in [0.1, 0.15) is 19.4 Å². The van der Waals surface area contributed by atoms with Crippen molar-refractivity contribution >= 4 is 22.5 Å². The molecule has 0 fully saturated rings. The predicted molar refractivity (Wildman–Crippen MR) is 88.1 cm³/mol. The second-order valence-corrected chi connectivity index (χ2v) is 5.83. The van der Waals surface area contributed by atoms with Gasteiger partial charge in [-0.05, 0) is 23.8 Å². The van der Waals surface area contributed by atoms with Gasteiger partial charge in [-0.25, -0.2) is 4.68 Å². The molecule has 0 amide bonds. The van der Waals surface area contributed by atoms with Crippen molar-refractivity contribution < 1.29 is 0 Å². The largest absolute Gasteiger partial charge is 0.310 e. The number of fused-ring (bicyclic) bond motifs is 1. The highest BCUT2D eigenvalue weighted by molar-refractivity contribution is 6.31. The van der Waals surface area contributed by atoms with Crippen LogP contribution in [0.5, 0.6) is 0 Å². The van der Waals surface area contributed by atoms with E-state index < -0.39 is 0 Å². The monoisotopic (exact) mass is 299 g/mol. The van der Waals surface area contributed by atoms with Gasteiger partial charge in [-0.3, -0.25) is 0 Å². The number of benzene rings is 2. The van der Waals surface area contributed by atoms with Gasteiger partial charge < -0.3 is 5.32 Å². The van der Waals surface area contributed by atoms with E-state index in [9.17, 15) is 0 Å². The van der Waals surface area contributed by atoms with Crippen LogP contribution in [0.15, 0.2) is 48.7 Å². The van der Waals surface area contributed by atoms with E-state index in [1.54, 1.807) is 0 Å². The smallest absolute Gasteiger partial charge is 0.0741 e. The fraction of sp³-hybridized carbons (Fsp3) is 0.235. The molecule has 0 saturated carbocycles. The van der Waals surface area contributed by atoms with Crippen LogP contribution in [-0.2, 0) is 6.54 Å². The van der Waals surface area contributed by atoms with Crippen molar-refractivity contribution in [2.24, 2.45) is 0 Å². The molecule has 0 atom stereocenters. The summed E-state index contributed by atoms with van der Waals surface area (Å²) < 4.78 is 1.92. The Hall–Kier alpha value is -1.84. The van der Waals surface area contributed by atoms with Crippen LogP contribution in [0.3, 0.4) is 0 Å². The second-order valence-electron chi connectivity index (χ2n) is 5.43. The first-order valence-electron chi connectivity index (χ1n) is 7.10. The lowest BCUT2D eigenvalue weighted by molar-refractivity contribution is 0.589. The molecule has 3 rings (SSSR count). The molecule has 1 N–H and O–H groups in total. The van der Waals surface area contributed by atoms with Crippen LogP contribution in [0.4, 0.5) is 0 Å². The molecule has 4 heteroatoms. The van der Waals surface area contributed by atoms with Gasteiger partial charge in [-0.15, -0.1) is 0 Å². The van der Waals surface area contributed by atoms with Gasteiger partial charge >= 0.3 is 0 Å². The van der Waals surface area contributed by atoms with Crippen LogP contribution in [0.25, 0.3) is 16.6 Å². The first-order valence-corrected chi connectivity index (χ1v) is 7.48. The second kappa shape index (κ2) is 5.88. The van der Waals surface area contributed by atoms with Gasteiger partial charge in [0.2, 0.25) is 0 Å². The number of aromatic nitrogens is 2. The maximum Gasteiger partial charge on any atom is 0.0741 e. The van der Waals surface area contributed by atoms with Crippen molar-refractivity contribution in [2.45, 2.75) is 26.4 Å². The quantitative estimate of drug-likeness (QED) is 0.783. The Bertz CT molecular complexity index is 762. The Kier molecular flexibility index (Phi) is 3.95. The Morgan fingerprint density at radius 2 is 2.00 bits per heavy atom. The highest BCUT2D eigenvalue weighted by Crippen LogP contribution is 2.23. The molecule has 0 aliphatic heterocycles. The Morgan fingerprint density at radius 3 is 2.76 bits per heavy atom. The summed E-state index contributed by atoms with van der Waals surface area (Å²) in [6.07, 6.45) is 1.87. The maximum atomic E-state index is 6.40. The lowest BCUT2D eigenvalue weighted by Gasteiger charge is -2.11. The SMILES string of the molecule is CC(C)NCc1ccc(-n2ncc3ccccc32)cc1Cl. The summed E-state index contributed by atoms with van der Waals surface area (Å²) in [7, 11) is 0. The number of rotatable bonds is 4. The average molecular weight is 300 g/mol. The molecule has 1 aromatic heterocycles. The van der Waals surface area contributed by atoms with Gasteiger partial charge in [0, 0.05) is 23.0 Å². The Labute approximate surface area is 129 Å². The van der Waals surface area contributed by atoms with Crippen molar-refractivity contribution in [2.75, 3.05) is 0 Å². The molecule has 0 aliphatic carbocycles. The fourth-order valence-corrected chi connectivity index (χ4v) is 2.54. The summed E-state index contributed by atoms with van der Waals surface area (Å²) in [5.74, 6) is 0. The topological polar surface area (TPSA) is 29.9 Å². The van der Waals surface area contributed by atoms with E-state index in [1.807, 2.05) is 29.1 Å². The highest BCUT2D eigenvalue weighted by Gasteiger charge is 2.07. The Balaban J connectivity index is 1.95. The average Bonchev–Trinajstić information content (AvgIpc) is 2.89. The van der Waals surface area contributed by atoms with Crippen molar-refractivity contribution in [3.05, 3.63) is 59.2 Å². The van der Waals surface area contributed by atoms with Crippen molar-refractivity contribution in [3.8, 4) is 5.69 Å². The molecular weight excluding hydrogens is 282 g/mol. The minimum atomic E-state index is 0.441. The lowest BCUT2D eigenvalue weighted by atomic mass is 10.2. The zero-order valence-corrected chi connectivity index (χ0v) is 12.9. The molecule has 1 heterocycles. The number of para-hydroxylation sites is 1. The van der Waals surface area contributed by atoms with Crippen molar-refractivity contribution in [3.63, 3.8) is 0 Å². The number of nitrogens with zero attached hydrogens (tertiary/aromatic N) is 2. The minimum absolute atomic E-state index is 0.441. The predicted octanol–water partition coefficient (Wildman–Crippen LogP) is 4.18. The van der Waals surface area contributed by atoms with Gasteiger partial charge in [0.25, 0.3) is 0 Å². The van der Waals surface area contributed by atoms with E-state index in [1.165, 1.54) is 0 Å². The van der Waals surface area contributed by atoms with Gasteiger partial charge in [0.1, 0.15) is 0 Å². The van der Waals surface area contributed by atoms with Gasteiger partial charge in [0.05, 0.1) is 17.4 Å². The van der Waals surface area contributed by atoms with E-state index in [4.69, 9.17) is 11.6 Å². The van der Waals surface area contributed by atoms with E-state index in [2.05, 4.69) is 48.5 Å². The lowest BCUT2D eigenvalue weighted by Crippen LogP contribution is -2.22. The zero-order chi connectivity index (χ0) is 14.8. The molecule has 3 nitrogen and oxygen atoms in total. The van der Waals surface area contributed by atoms with Gasteiger partial charge in [0.15, 0.2) is 0 Å². The van der Waals surface area contributed by atoms with Crippen LogP contribution < -0.4 is 5.32 Å². The third-order valence-corrected chi connectivity index (χ3v) is 3.81. The number of hydrogen-bond acceptors (Lipinski definition) is 2. The summed E-state index contributed by atoms with van der Waals surface area (Å²) in [6.45, 7) is 5.02. The van der Waals surface area contributed by atoms with Crippen LogP contribution in [0, 0.1) is 0 Å². The van der Waals surface area contributed by atoms with Gasteiger partial charge in [-0.1, -0.05) is 49.7 Å². The summed E-state index contributed by atoms with van der Waals surface area (Å²) in [6, 6.07) is 14.7. The normalized spacial score (nSPS) is 11.4. The molecule has 0 bridgehead atoms. The van der Waals surface area contributed by atoms with Crippen LogP contribution >= 0.6 is 11.6 Å². The number of hydrogen-bond donors (Lipinski definition) is 1. The first kappa shape index (κ1) is 14.1. The first-order chi connectivity index (χ1) is 10.1. The van der Waals surface area contributed by atoms with Crippen LogP contribution in [-0.4, -0.2) is 15.8 Å². The molecule has 0 saturated heterocycles. The minimum Gasteiger partial charge on any atom is -0.310 e. The van der Waals surface area contributed by atoms with E-state index >= 15 is 0 Å². The molecule has 3 aromatic rings. The standard InChI is InChI=1S/C17H18ClN3/c1-12(2)19-10-13-7-8-15(9-16(13)18)21-17-6-4-3-5-14(17)11-20-21/h3-9,11-12,19H,10H2,1-2H3. The molecule has 0 aliphatic rings. The molecule has 0 radical (unpaired) electrons. The Morgan fingerprint density at radius 1 is 1.19 bits per heavy atom. The summed E-state index contributed by atoms with van der Waals surface area (Å²) >= 11 is 6.40. The molecular formula is C17H18ClN3. The third kappa shape index (κ3) is 2.94. The third-order valence-electron chi connectivity index (χ3n) is 3.46. The fourth-order valence-electron chi connectivity index (χ4n) is 2.30. The van der Waals surface area contributed by atoms with E-state index in [0.717, 1.165) is 33.7 Å². The highest BCUT2D eigenvalue weighted by atomic mass is 35.5. The molecule has 2 aromatic carbocycles. The molecule has 0 unspecified atom stereocenters. The number of nitrogens with one attached hydrogen (secondary N) is 1. The van der Waals surface area contributed by atoms with Gasteiger partial charge in [-0.2, -0.15) is 5.10 Å². The maximum absolute atomic E-state index is 6.40. The summed E-state index contributed by atoms with van der Waals surface area (Å²) in [5, 5.41) is 9.72.